The van der Waals surface area contributed by atoms with Gasteiger partial charge in [0.05, 0.1) is 9.62 Å². The van der Waals surface area contributed by atoms with Crippen LogP contribution in [0.1, 0.15) is 43.7 Å². The van der Waals surface area contributed by atoms with Gasteiger partial charge in [-0.15, -0.1) is 23.5 Å². The molecule has 2 nitrogen and oxygen atoms in total. The van der Waals surface area contributed by atoms with Gasteiger partial charge in [-0.1, -0.05) is 24.3 Å². The zero-order valence-electron chi connectivity index (χ0n) is 14.1. The smallest absolute Gasteiger partial charge is 0.162 e. The van der Waals surface area contributed by atoms with Gasteiger partial charge in [-0.25, -0.2) is 0 Å². The van der Waals surface area contributed by atoms with E-state index in [1.54, 1.807) is 0 Å². The second-order valence-corrected chi connectivity index (χ2v) is 10.6. The Balaban J connectivity index is 1.74. The summed E-state index contributed by atoms with van der Waals surface area (Å²) in [6, 6.07) is 8.99. The minimum absolute atomic E-state index is 0.00252. The van der Waals surface area contributed by atoms with Crippen molar-refractivity contribution in [2.24, 2.45) is 0 Å². The zero-order valence-corrected chi connectivity index (χ0v) is 15.8. The van der Waals surface area contributed by atoms with Gasteiger partial charge in [-0.05, 0) is 37.3 Å². The number of hydrogen-bond acceptors (Lipinski definition) is 4. The third-order valence-corrected chi connectivity index (χ3v) is 9.63. The van der Waals surface area contributed by atoms with Crippen LogP contribution in [0.5, 0.6) is 0 Å². The van der Waals surface area contributed by atoms with E-state index in [9.17, 15) is 4.79 Å². The highest BCUT2D eigenvalue weighted by atomic mass is 32.2. The molecule has 24 heavy (non-hydrogen) atoms. The van der Waals surface area contributed by atoms with Crippen LogP contribution in [0, 0.1) is 0 Å². The van der Waals surface area contributed by atoms with E-state index < -0.39 is 0 Å². The number of nitrogens with zero attached hydrogens (tertiary/aromatic N) is 1. The van der Waals surface area contributed by atoms with Crippen LogP contribution < -0.4 is 0 Å². The SMILES string of the molecule is C[C@]12CC3(SCCS3)C3=C(CCCC3=O)N1CCc1ccccc12. The molecule has 3 heterocycles. The number of hydrogen-bond donors (Lipinski definition) is 0. The van der Waals surface area contributed by atoms with Gasteiger partial charge in [0.25, 0.3) is 0 Å². The summed E-state index contributed by atoms with van der Waals surface area (Å²) in [5.74, 6) is 2.78. The molecular weight excluding hydrogens is 334 g/mol. The largest absolute Gasteiger partial charge is 0.365 e. The fourth-order valence-corrected chi connectivity index (χ4v) is 8.96. The first-order valence-electron chi connectivity index (χ1n) is 9.05. The molecule has 4 aliphatic rings. The van der Waals surface area contributed by atoms with Crippen LogP contribution >= 0.6 is 23.5 Å². The fourth-order valence-electron chi connectivity index (χ4n) is 5.28. The summed E-state index contributed by atoms with van der Waals surface area (Å²) in [7, 11) is 0. The number of carbonyl (C=O) groups is 1. The molecule has 1 aliphatic carbocycles. The Labute approximate surface area is 152 Å². The lowest BCUT2D eigenvalue weighted by Gasteiger charge is -2.57. The lowest BCUT2D eigenvalue weighted by Crippen LogP contribution is -2.56. The predicted molar refractivity (Wildman–Crippen MR) is 102 cm³/mol. The van der Waals surface area contributed by atoms with Gasteiger partial charge in [0.1, 0.15) is 0 Å². The molecular formula is C20H23NOS2. The monoisotopic (exact) mass is 357 g/mol. The van der Waals surface area contributed by atoms with Crippen molar-refractivity contribution in [3.63, 3.8) is 0 Å². The van der Waals surface area contributed by atoms with Crippen molar-refractivity contribution in [2.45, 2.75) is 48.6 Å². The first-order valence-corrected chi connectivity index (χ1v) is 11.0. The Kier molecular flexibility index (Phi) is 3.41. The van der Waals surface area contributed by atoms with Gasteiger partial charge >= 0.3 is 0 Å². The number of Topliss-reactive ketones (excluding diaryl/α,β-unsaturated/α-hetero) is 1. The van der Waals surface area contributed by atoms with Gasteiger partial charge in [-0.3, -0.25) is 4.79 Å². The van der Waals surface area contributed by atoms with Crippen molar-refractivity contribution >= 4 is 29.3 Å². The average Bonchev–Trinajstić information content (AvgIpc) is 3.03. The highest BCUT2D eigenvalue weighted by Crippen LogP contribution is 2.62. The summed E-state index contributed by atoms with van der Waals surface area (Å²) < 4.78 is 0.00252. The molecule has 0 amide bonds. The van der Waals surface area contributed by atoms with Gasteiger partial charge in [0, 0.05) is 42.2 Å². The average molecular weight is 358 g/mol. The predicted octanol–water partition coefficient (Wildman–Crippen LogP) is 4.35. The highest BCUT2D eigenvalue weighted by molar-refractivity contribution is 8.21. The molecule has 0 aromatic heterocycles. The Morgan fingerprint density at radius 3 is 2.71 bits per heavy atom. The summed E-state index contributed by atoms with van der Waals surface area (Å²) >= 11 is 4.08. The summed E-state index contributed by atoms with van der Waals surface area (Å²) in [6.45, 7) is 3.49. The molecule has 3 aliphatic heterocycles. The van der Waals surface area contributed by atoms with E-state index >= 15 is 0 Å². The summed E-state index contributed by atoms with van der Waals surface area (Å²) in [6.07, 6.45) is 5.03. The third kappa shape index (κ3) is 1.96. The van der Waals surface area contributed by atoms with Crippen molar-refractivity contribution in [1.29, 1.82) is 0 Å². The number of fused-ring (bicyclic) bond motifs is 5. The van der Waals surface area contributed by atoms with Crippen LogP contribution in [0.25, 0.3) is 0 Å². The Morgan fingerprint density at radius 1 is 1.08 bits per heavy atom. The first kappa shape index (κ1) is 15.4. The molecule has 0 saturated carbocycles. The molecule has 1 fully saturated rings. The van der Waals surface area contributed by atoms with E-state index in [1.807, 2.05) is 23.5 Å². The lowest BCUT2D eigenvalue weighted by molar-refractivity contribution is -0.117. The third-order valence-electron chi connectivity index (χ3n) is 6.22. The molecule has 0 unspecified atom stereocenters. The van der Waals surface area contributed by atoms with Crippen LogP contribution in [0.2, 0.25) is 0 Å². The summed E-state index contributed by atoms with van der Waals surface area (Å²) in [4.78, 5) is 15.5. The van der Waals surface area contributed by atoms with Crippen molar-refractivity contribution in [3.8, 4) is 0 Å². The molecule has 1 saturated heterocycles. The minimum atomic E-state index is 0.00252. The summed E-state index contributed by atoms with van der Waals surface area (Å²) in [5.41, 5.74) is 5.61. The van der Waals surface area contributed by atoms with Crippen LogP contribution in [0.4, 0.5) is 0 Å². The van der Waals surface area contributed by atoms with E-state index in [2.05, 4.69) is 36.1 Å². The van der Waals surface area contributed by atoms with Crippen molar-refractivity contribution in [1.82, 2.24) is 4.90 Å². The van der Waals surface area contributed by atoms with E-state index in [1.165, 1.54) is 33.9 Å². The molecule has 0 radical (unpaired) electrons. The normalized spacial score (nSPS) is 31.0. The Hall–Kier alpha value is -0.870. The van der Waals surface area contributed by atoms with Crippen molar-refractivity contribution in [2.75, 3.05) is 18.1 Å². The fraction of sp³-hybridized carbons (Fsp3) is 0.550. The maximum atomic E-state index is 12.9. The minimum Gasteiger partial charge on any atom is -0.365 e. The van der Waals surface area contributed by atoms with Crippen LogP contribution in [0.15, 0.2) is 35.5 Å². The molecule has 1 aromatic carbocycles. The number of allylic oxidation sites excluding steroid dienone is 1. The van der Waals surface area contributed by atoms with Gasteiger partial charge in [0.15, 0.2) is 5.78 Å². The zero-order chi connectivity index (χ0) is 16.4. The van der Waals surface area contributed by atoms with E-state index in [0.29, 0.717) is 5.78 Å². The summed E-state index contributed by atoms with van der Waals surface area (Å²) in [5, 5.41) is 0. The van der Waals surface area contributed by atoms with Gasteiger partial charge in [0.2, 0.25) is 0 Å². The number of ketones is 1. The molecule has 4 heteroatoms. The second-order valence-electron chi connectivity index (χ2n) is 7.56. The van der Waals surface area contributed by atoms with Gasteiger partial charge < -0.3 is 4.90 Å². The molecule has 126 valence electrons. The highest BCUT2D eigenvalue weighted by Gasteiger charge is 2.56. The lowest BCUT2D eigenvalue weighted by atomic mass is 9.72. The Bertz CT molecular complexity index is 750. The molecule has 1 aromatic rings. The van der Waals surface area contributed by atoms with Crippen LogP contribution in [-0.4, -0.2) is 32.8 Å². The van der Waals surface area contributed by atoms with E-state index in [0.717, 1.165) is 38.6 Å². The number of carbonyl (C=O) groups excluding carboxylic acids is 1. The maximum absolute atomic E-state index is 12.9. The molecule has 0 bridgehead atoms. The number of rotatable bonds is 0. The van der Waals surface area contributed by atoms with Crippen molar-refractivity contribution in [3.05, 3.63) is 46.7 Å². The van der Waals surface area contributed by atoms with Gasteiger partial charge in [-0.2, -0.15) is 0 Å². The van der Waals surface area contributed by atoms with Crippen LogP contribution in [-0.2, 0) is 16.8 Å². The molecule has 1 spiro atoms. The molecule has 1 atom stereocenters. The van der Waals surface area contributed by atoms with Crippen molar-refractivity contribution < 1.29 is 4.79 Å². The molecule has 5 rings (SSSR count). The quantitative estimate of drug-likeness (QED) is 0.688. The van der Waals surface area contributed by atoms with E-state index in [-0.39, 0.29) is 9.62 Å². The standard InChI is InChI=1S/C20H23NOS2/c1-19-13-20(23-11-12-24-20)18-16(7-4-8-17(18)22)21(19)10-9-14-5-2-3-6-15(14)19/h2-3,5-6H,4,7-13H2,1H3/t19-/m1/s1. The Morgan fingerprint density at radius 2 is 1.88 bits per heavy atom. The number of benzene rings is 1. The van der Waals surface area contributed by atoms with E-state index in [4.69, 9.17) is 0 Å². The van der Waals surface area contributed by atoms with Crippen LogP contribution in [0.3, 0.4) is 0 Å². The number of thioether (sulfide) groups is 2. The second kappa shape index (κ2) is 5.31. The topological polar surface area (TPSA) is 20.3 Å². The first-order chi connectivity index (χ1) is 11.6. The maximum Gasteiger partial charge on any atom is 0.162 e. The molecule has 0 N–H and O–H groups in total.